The van der Waals surface area contributed by atoms with E-state index < -0.39 is 17.2 Å². The summed E-state index contributed by atoms with van der Waals surface area (Å²) in [4.78, 5) is 11.0. The van der Waals surface area contributed by atoms with Crippen molar-refractivity contribution in [2.75, 3.05) is 7.11 Å². The van der Waals surface area contributed by atoms with Gasteiger partial charge in [-0.15, -0.1) is 0 Å². The van der Waals surface area contributed by atoms with Gasteiger partial charge in [-0.25, -0.2) is 4.39 Å². The zero-order chi connectivity index (χ0) is 13.2. The van der Waals surface area contributed by atoms with Gasteiger partial charge in [-0.2, -0.15) is 0 Å². The number of aliphatic carboxylic acids is 1. The summed E-state index contributed by atoms with van der Waals surface area (Å²) in [5, 5.41) is 8.91. The van der Waals surface area contributed by atoms with Gasteiger partial charge in [0.2, 0.25) is 0 Å². The first-order valence-corrected chi connectivity index (χ1v) is 5.41. The summed E-state index contributed by atoms with van der Waals surface area (Å²) < 4.78 is 18.4. The lowest BCUT2D eigenvalue weighted by Gasteiger charge is -2.19. The van der Waals surface area contributed by atoms with E-state index in [1.165, 1.54) is 13.2 Å². The van der Waals surface area contributed by atoms with Crippen LogP contribution in [0.2, 0.25) is 5.02 Å². The van der Waals surface area contributed by atoms with Crippen LogP contribution in [0.15, 0.2) is 12.1 Å². The zero-order valence-corrected chi connectivity index (χ0v) is 10.6. The van der Waals surface area contributed by atoms with Crippen LogP contribution in [0.4, 0.5) is 4.39 Å². The fraction of sp³-hybridized carbons (Fsp3) is 0.417. The van der Waals surface area contributed by atoms with Crippen LogP contribution in [0, 0.1) is 11.2 Å². The fourth-order valence-corrected chi connectivity index (χ4v) is 1.64. The van der Waals surface area contributed by atoms with Crippen molar-refractivity contribution in [2.45, 2.75) is 20.3 Å². The number of carboxylic acids is 1. The minimum Gasteiger partial charge on any atom is -0.495 e. The molecule has 0 saturated heterocycles. The number of carbonyl (C=O) groups is 1. The van der Waals surface area contributed by atoms with Gasteiger partial charge in [-0.05, 0) is 38.0 Å². The van der Waals surface area contributed by atoms with Crippen molar-refractivity contribution in [3.63, 3.8) is 0 Å². The molecule has 1 aromatic rings. The van der Waals surface area contributed by atoms with Crippen molar-refractivity contribution in [2.24, 2.45) is 5.41 Å². The van der Waals surface area contributed by atoms with Gasteiger partial charge in [-0.3, -0.25) is 4.79 Å². The van der Waals surface area contributed by atoms with Crippen LogP contribution in [-0.2, 0) is 11.2 Å². The van der Waals surface area contributed by atoms with Crippen LogP contribution < -0.4 is 4.74 Å². The topological polar surface area (TPSA) is 46.5 Å². The Labute approximate surface area is 104 Å². The van der Waals surface area contributed by atoms with E-state index in [-0.39, 0.29) is 17.2 Å². The average Bonchev–Trinajstić information content (AvgIpc) is 2.22. The van der Waals surface area contributed by atoms with Gasteiger partial charge >= 0.3 is 5.97 Å². The van der Waals surface area contributed by atoms with E-state index in [9.17, 15) is 9.18 Å². The van der Waals surface area contributed by atoms with Crippen LogP contribution in [0.25, 0.3) is 0 Å². The molecule has 0 aromatic heterocycles. The molecule has 1 aromatic carbocycles. The molecule has 0 amide bonds. The molecule has 0 aliphatic carbocycles. The molecule has 0 atom stereocenters. The van der Waals surface area contributed by atoms with Crippen LogP contribution >= 0.6 is 11.6 Å². The second kappa shape index (κ2) is 4.92. The molecule has 0 aliphatic heterocycles. The minimum atomic E-state index is -0.967. The van der Waals surface area contributed by atoms with Gasteiger partial charge in [0.05, 0.1) is 12.5 Å². The molecule has 0 unspecified atom stereocenters. The Morgan fingerprint density at radius 1 is 1.53 bits per heavy atom. The quantitative estimate of drug-likeness (QED) is 0.905. The maximum atomic E-state index is 13.4. The molecule has 0 radical (unpaired) electrons. The van der Waals surface area contributed by atoms with E-state index in [1.54, 1.807) is 19.9 Å². The minimum absolute atomic E-state index is 0.0932. The highest BCUT2D eigenvalue weighted by atomic mass is 35.5. The first-order chi connectivity index (χ1) is 7.77. The number of halogens is 2. The van der Waals surface area contributed by atoms with Gasteiger partial charge in [-0.1, -0.05) is 11.6 Å². The molecule has 0 heterocycles. The molecule has 1 N–H and O–H groups in total. The van der Waals surface area contributed by atoms with Crippen molar-refractivity contribution >= 4 is 17.6 Å². The summed E-state index contributed by atoms with van der Waals surface area (Å²) in [7, 11) is 1.38. The van der Waals surface area contributed by atoms with Gasteiger partial charge in [0, 0.05) is 0 Å². The Balaban J connectivity index is 3.09. The van der Waals surface area contributed by atoms with E-state index in [0.29, 0.717) is 5.56 Å². The third kappa shape index (κ3) is 3.09. The number of rotatable bonds is 4. The normalized spacial score (nSPS) is 11.4. The van der Waals surface area contributed by atoms with E-state index in [0.717, 1.165) is 0 Å². The third-order valence-corrected chi connectivity index (χ3v) is 2.87. The number of carboxylic acid groups (broad SMARTS) is 1. The fourth-order valence-electron chi connectivity index (χ4n) is 1.45. The van der Waals surface area contributed by atoms with Crippen molar-refractivity contribution in [3.8, 4) is 5.75 Å². The second-order valence-corrected chi connectivity index (χ2v) is 4.84. The molecular weight excluding hydrogens is 247 g/mol. The molecule has 0 spiro atoms. The molecule has 1 rings (SSSR count). The number of benzene rings is 1. The summed E-state index contributed by atoms with van der Waals surface area (Å²) in [6.07, 6.45) is 0.201. The zero-order valence-electron chi connectivity index (χ0n) is 9.88. The predicted octanol–water partition coefficient (Wildman–Crippen LogP) is 3.14. The van der Waals surface area contributed by atoms with E-state index >= 15 is 0 Å². The highest BCUT2D eigenvalue weighted by Crippen LogP contribution is 2.31. The number of methoxy groups -OCH3 is 1. The molecule has 17 heavy (non-hydrogen) atoms. The van der Waals surface area contributed by atoms with Gasteiger partial charge < -0.3 is 9.84 Å². The summed E-state index contributed by atoms with van der Waals surface area (Å²) in [6.45, 7) is 3.16. The van der Waals surface area contributed by atoms with Gasteiger partial charge in [0.1, 0.15) is 16.6 Å². The van der Waals surface area contributed by atoms with Crippen LogP contribution in [0.1, 0.15) is 19.4 Å². The molecule has 3 nitrogen and oxygen atoms in total. The van der Waals surface area contributed by atoms with E-state index in [2.05, 4.69) is 0 Å². The predicted molar refractivity (Wildman–Crippen MR) is 63.1 cm³/mol. The molecule has 5 heteroatoms. The lowest BCUT2D eigenvalue weighted by molar-refractivity contribution is -0.146. The molecule has 0 aliphatic rings. The number of hydrogen-bond acceptors (Lipinski definition) is 2. The summed E-state index contributed by atoms with van der Waals surface area (Å²) in [5.41, 5.74) is -0.429. The molecular formula is C12H14ClFO3. The number of hydrogen-bond donors (Lipinski definition) is 1. The largest absolute Gasteiger partial charge is 0.495 e. The highest BCUT2D eigenvalue weighted by molar-refractivity contribution is 6.32. The molecule has 0 saturated carbocycles. The van der Waals surface area contributed by atoms with Gasteiger partial charge in [0.15, 0.2) is 0 Å². The SMILES string of the molecule is COc1cc(CC(C)(C)C(=O)O)cc(F)c1Cl. The van der Waals surface area contributed by atoms with Crippen molar-refractivity contribution in [3.05, 3.63) is 28.5 Å². The van der Waals surface area contributed by atoms with Crippen LogP contribution in [-0.4, -0.2) is 18.2 Å². The van der Waals surface area contributed by atoms with E-state index in [1.807, 2.05) is 0 Å². The van der Waals surface area contributed by atoms with Crippen molar-refractivity contribution in [1.29, 1.82) is 0 Å². The van der Waals surface area contributed by atoms with Gasteiger partial charge in [0.25, 0.3) is 0 Å². The first-order valence-electron chi connectivity index (χ1n) is 5.03. The summed E-state index contributed by atoms with van der Waals surface area (Å²) in [5.74, 6) is -1.34. The maximum Gasteiger partial charge on any atom is 0.309 e. The maximum absolute atomic E-state index is 13.4. The van der Waals surface area contributed by atoms with Crippen LogP contribution in [0.3, 0.4) is 0 Å². The third-order valence-electron chi connectivity index (χ3n) is 2.50. The second-order valence-electron chi connectivity index (χ2n) is 4.46. The smallest absolute Gasteiger partial charge is 0.309 e. The monoisotopic (exact) mass is 260 g/mol. The average molecular weight is 261 g/mol. The Bertz CT molecular complexity index is 444. The Hall–Kier alpha value is -1.29. The van der Waals surface area contributed by atoms with E-state index in [4.69, 9.17) is 21.4 Å². The van der Waals surface area contributed by atoms with Crippen molar-refractivity contribution in [1.82, 2.24) is 0 Å². The molecule has 0 bridgehead atoms. The highest BCUT2D eigenvalue weighted by Gasteiger charge is 2.28. The van der Waals surface area contributed by atoms with Crippen LogP contribution in [0.5, 0.6) is 5.75 Å². The summed E-state index contributed by atoms with van der Waals surface area (Å²) >= 11 is 5.68. The summed E-state index contributed by atoms with van der Waals surface area (Å²) in [6, 6.07) is 2.78. The number of ether oxygens (including phenoxy) is 1. The molecule has 0 fully saturated rings. The lowest BCUT2D eigenvalue weighted by atomic mass is 9.86. The Morgan fingerprint density at radius 2 is 2.12 bits per heavy atom. The molecule has 94 valence electrons. The first kappa shape index (κ1) is 13.8. The van der Waals surface area contributed by atoms with Crippen molar-refractivity contribution < 1.29 is 19.0 Å². The lowest BCUT2D eigenvalue weighted by Crippen LogP contribution is -2.26. The standard InChI is InChI=1S/C12H14ClFO3/c1-12(2,11(15)16)6-7-4-8(14)10(13)9(5-7)17-3/h4-5H,6H2,1-3H3,(H,15,16). The Morgan fingerprint density at radius 3 is 2.59 bits per heavy atom. The Kier molecular flexibility index (Phi) is 3.98.